The summed E-state index contributed by atoms with van der Waals surface area (Å²) in [6.07, 6.45) is 5.11. The highest BCUT2D eigenvalue weighted by Crippen LogP contribution is 2.46. The molecular formula is C15H28N4. The largest absolute Gasteiger partial charge is 0.324 e. The van der Waals surface area contributed by atoms with Crippen molar-refractivity contribution in [3.8, 4) is 0 Å². The third kappa shape index (κ3) is 2.69. The Hall–Kier alpha value is -0.900. The fourth-order valence-electron chi connectivity index (χ4n) is 3.39. The van der Waals surface area contributed by atoms with Gasteiger partial charge in [0, 0.05) is 11.5 Å². The van der Waals surface area contributed by atoms with Gasteiger partial charge in [0.1, 0.15) is 11.6 Å². The lowest BCUT2D eigenvalue weighted by Crippen LogP contribution is -2.33. The van der Waals surface area contributed by atoms with Crippen molar-refractivity contribution in [3.05, 3.63) is 11.6 Å². The molecule has 2 rings (SSSR count). The minimum atomic E-state index is -0.0128. The Kier molecular flexibility index (Phi) is 3.74. The molecule has 1 fully saturated rings. The van der Waals surface area contributed by atoms with E-state index in [0.29, 0.717) is 17.9 Å². The molecule has 2 N–H and O–H groups in total. The van der Waals surface area contributed by atoms with Crippen molar-refractivity contribution in [3.63, 3.8) is 0 Å². The number of nitrogens with zero attached hydrogens (tertiary/aromatic N) is 3. The van der Waals surface area contributed by atoms with Gasteiger partial charge in [-0.05, 0) is 39.0 Å². The van der Waals surface area contributed by atoms with Gasteiger partial charge in [-0.3, -0.25) is 0 Å². The predicted octanol–water partition coefficient (Wildman–Crippen LogP) is 3.18. The van der Waals surface area contributed by atoms with E-state index in [1.54, 1.807) is 0 Å². The van der Waals surface area contributed by atoms with Crippen molar-refractivity contribution < 1.29 is 0 Å². The molecule has 0 spiro atoms. The number of hydrogen-bond donors (Lipinski definition) is 1. The molecular weight excluding hydrogens is 236 g/mol. The maximum absolute atomic E-state index is 5.83. The molecule has 1 unspecified atom stereocenters. The zero-order chi connectivity index (χ0) is 14.3. The van der Waals surface area contributed by atoms with Crippen LogP contribution in [0.25, 0.3) is 0 Å². The molecule has 1 saturated carbocycles. The lowest BCUT2D eigenvalue weighted by atomic mass is 9.68. The Morgan fingerprint density at radius 3 is 2.47 bits per heavy atom. The molecule has 108 valence electrons. The highest BCUT2D eigenvalue weighted by molar-refractivity contribution is 5.11. The first-order valence-electron chi connectivity index (χ1n) is 7.42. The first-order valence-corrected chi connectivity index (χ1v) is 7.42. The van der Waals surface area contributed by atoms with Gasteiger partial charge >= 0.3 is 0 Å². The highest BCUT2D eigenvalue weighted by Gasteiger charge is 2.38. The smallest absolute Gasteiger partial charge is 0.147 e. The average Bonchev–Trinajstić information content (AvgIpc) is 2.71. The normalized spacial score (nSPS) is 23.6. The standard InChI is InChI=1S/C15H28N4/c1-14(2,3)19-12(10-16)17-18-13(19)11-8-6-7-9-15(11,4)5/h11H,6-10,16H2,1-5H3. The molecule has 0 saturated heterocycles. The molecule has 1 aromatic rings. The van der Waals surface area contributed by atoms with Crippen LogP contribution in [0.2, 0.25) is 0 Å². The fraction of sp³-hybridized carbons (Fsp3) is 0.867. The maximum Gasteiger partial charge on any atom is 0.147 e. The van der Waals surface area contributed by atoms with E-state index in [1.165, 1.54) is 25.7 Å². The van der Waals surface area contributed by atoms with Crippen molar-refractivity contribution in [2.24, 2.45) is 11.1 Å². The Bertz CT molecular complexity index is 439. The highest BCUT2D eigenvalue weighted by atomic mass is 15.3. The van der Waals surface area contributed by atoms with Crippen LogP contribution in [-0.4, -0.2) is 14.8 Å². The summed E-state index contributed by atoms with van der Waals surface area (Å²) in [4.78, 5) is 0. The summed E-state index contributed by atoms with van der Waals surface area (Å²) in [6, 6.07) is 0. The van der Waals surface area contributed by atoms with Crippen LogP contribution < -0.4 is 5.73 Å². The van der Waals surface area contributed by atoms with Crippen molar-refractivity contribution >= 4 is 0 Å². The van der Waals surface area contributed by atoms with Gasteiger partial charge in [-0.25, -0.2) is 0 Å². The topological polar surface area (TPSA) is 56.7 Å². The molecule has 1 aliphatic carbocycles. The van der Waals surface area contributed by atoms with E-state index in [9.17, 15) is 0 Å². The number of rotatable bonds is 2. The van der Waals surface area contributed by atoms with Crippen molar-refractivity contribution in [1.82, 2.24) is 14.8 Å². The summed E-state index contributed by atoms with van der Waals surface area (Å²) >= 11 is 0. The molecule has 1 atom stereocenters. The monoisotopic (exact) mass is 264 g/mol. The van der Waals surface area contributed by atoms with Gasteiger partial charge in [-0.2, -0.15) is 0 Å². The SMILES string of the molecule is CC1(C)CCCCC1c1nnc(CN)n1C(C)(C)C. The van der Waals surface area contributed by atoms with Crippen LogP contribution in [0.15, 0.2) is 0 Å². The van der Waals surface area contributed by atoms with Crippen LogP contribution in [0.4, 0.5) is 0 Å². The van der Waals surface area contributed by atoms with Gasteiger partial charge in [0.2, 0.25) is 0 Å². The predicted molar refractivity (Wildman–Crippen MR) is 77.9 cm³/mol. The molecule has 19 heavy (non-hydrogen) atoms. The number of nitrogens with two attached hydrogens (primary N) is 1. The van der Waals surface area contributed by atoms with Crippen LogP contribution >= 0.6 is 0 Å². The van der Waals surface area contributed by atoms with Crippen molar-refractivity contribution in [2.45, 2.75) is 78.3 Å². The van der Waals surface area contributed by atoms with E-state index in [-0.39, 0.29) is 5.54 Å². The van der Waals surface area contributed by atoms with Crippen LogP contribution in [0, 0.1) is 5.41 Å². The van der Waals surface area contributed by atoms with E-state index in [4.69, 9.17) is 5.73 Å². The Morgan fingerprint density at radius 2 is 1.95 bits per heavy atom. The quantitative estimate of drug-likeness (QED) is 0.892. The second-order valence-electron chi connectivity index (χ2n) is 7.47. The summed E-state index contributed by atoms with van der Waals surface area (Å²) in [5.41, 5.74) is 6.13. The van der Waals surface area contributed by atoms with Crippen LogP contribution in [-0.2, 0) is 12.1 Å². The van der Waals surface area contributed by atoms with Gasteiger partial charge in [-0.1, -0.05) is 26.7 Å². The molecule has 1 aliphatic rings. The molecule has 4 nitrogen and oxygen atoms in total. The maximum atomic E-state index is 5.83. The second-order valence-corrected chi connectivity index (χ2v) is 7.47. The molecule has 0 bridgehead atoms. The Labute approximate surface area is 116 Å². The Balaban J connectivity index is 2.47. The van der Waals surface area contributed by atoms with Crippen LogP contribution in [0.1, 0.15) is 77.9 Å². The van der Waals surface area contributed by atoms with Gasteiger partial charge in [0.15, 0.2) is 0 Å². The van der Waals surface area contributed by atoms with E-state index >= 15 is 0 Å². The minimum absolute atomic E-state index is 0.0128. The lowest BCUT2D eigenvalue weighted by molar-refractivity contribution is 0.181. The average molecular weight is 264 g/mol. The summed E-state index contributed by atoms with van der Waals surface area (Å²) in [5.74, 6) is 2.54. The van der Waals surface area contributed by atoms with Crippen molar-refractivity contribution in [2.75, 3.05) is 0 Å². The molecule has 1 heterocycles. The second kappa shape index (κ2) is 4.89. The molecule has 0 aliphatic heterocycles. The molecule has 0 radical (unpaired) electrons. The van der Waals surface area contributed by atoms with Gasteiger partial charge < -0.3 is 10.3 Å². The Morgan fingerprint density at radius 1 is 1.26 bits per heavy atom. The van der Waals surface area contributed by atoms with Crippen LogP contribution in [0.3, 0.4) is 0 Å². The first-order chi connectivity index (χ1) is 8.77. The summed E-state index contributed by atoms with van der Waals surface area (Å²) in [6.45, 7) is 11.8. The molecule has 1 aromatic heterocycles. The van der Waals surface area contributed by atoms with Gasteiger partial charge in [0.05, 0.1) is 6.54 Å². The van der Waals surface area contributed by atoms with Crippen molar-refractivity contribution in [1.29, 1.82) is 0 Å². The zero-order valence-corrected chi connectivity index (χ0v) is 13.0. The number of hydrogen-bond acceptors (Lipinski definition) is 3. The lowest BCUT2D eigenvalue weighted by Gasteiger charge is -2.39. The third-order valence-electron chi connectivity index (χ3n) is 4.43. The molecule has 0 aromatic carbocycles. The summed E-state index contributed by atoms with van der Waals surface area (Å²) in [7, 11) is 0. The van der Waals surface area contributed by atoms with E-state index < -0.39 is 0 Å². The van der Waals surface area contributed by atoms with Gasteiger partial charge in [-0.15, -0.1) is 10.2 Å². The van der Waals surface area contributed by atoms with E-state index in [2.05, 4.69) is 49.4 Å². The van der Waals surface area contributed by atoms with Gasteiger partial charge in [0.25, 0.3) is 0 Å². The van der Waals surface area contributed by atoms with E-state index in [1.807, 2.05) is 0 Å². The van der Waals surface area contributed by atoms with E-state index in [0.717, 1.165) is 11.6 Å². The summed E-state index contributed by atoms with van der Waals surface area (Å²) in [5, 5.41) is 8.84. The fourth-order valence-corrected chi connectivity index (χ4v) is 3.39. The molecule has 4 heteroatoms. The number of aromatic nitrogens is 3. The first kappa shape index (κ1) is 14.5. The zero-order valence-electron chi connectivity index (χ0n) is 13.0. The summed E-state index contributed by atoms with van der Waals surface area (Å²) < 4.78 is 2.27. The van der Waals surface area contributed by atoms with Crippen LogP contribution in [0.5, 0.6) is 0 Å². The minimum Gasteiger partial charge on any atom is -0.324 e. The molecule has 0 amide bonds. The third-order valence-corrected chi connectivity index (χ3v) is 4.43.